The minimum absolute atomic E-state index is 0.0375. The molecule has 4 heterocycles. The zero-order valence-corrected chi connectivity index (χ0v) is 27.8. The number of ether oxygens (including phenoxy) is 1. The topological polar surface area (TPSA) is 111 Å². The van der Waals surface area contributed by atoms with E-state index in [1.54, 1.807) is 9.80 Å². The van der Waals surface area contributed by atoms with Gasteiger partial charge in [-0.2, -0.15) is 0 Å². The molecule has 9 nitrogen and oxygen atoms in total. The van der Waals surface area contributed by atoms with Gasteiger partial charge in [-0.25, -0.2) is 0 Å². The summed E-state index contributed by atoms with van der Waals surface area (Å²) in [6.07, 6.45) is 5.38. The van der Waals surface area contributed by atoms with Gasteiger partial charge in [0.2, 0.25) is 11.8 Å². The second-order valence-electron chi connectivity index (χ2n) is 13.9. The van der Waals surface area contributed by atoms with Crippen molar-refractivity contribution in [3.63, 3.8) is 0 Å². The lowest BCUT2D eigenvalue weighted by Gasteiger charge is -2.33. The van der Waals surface area contributed by atoms with Crippen LogP contribution in [0.25, 0.3) is 0 Å². The lowest BCUT2D eigenvalue weighted by Crippen LogP contribution is -2.46. The number of carbonyl (C=O) groups excluding carboxylic acids is 3. The predicted molar refractivity (Wildman–Crippen MR) is 175 cm³/mol. The monoisotopic (exact) mass is 633 g/mol. The van der Waals surface area contributed by atoms with Gasteiger partial charge < -0.3 is 29.3 Å². The summed E-state index contributed by atoms with van der Waals surface area (Å²) < 4.78 is 6.95. The lowest BCUT2D eigenvalue weighted by atomic mass is 9.82. The molecule has 3 fully saturated rings. The van der Waals surface area contributed by atoms with Crippen molar-refractivity contribution in [1.29, 1.82) is 0 Å². The van der Waals surface area contributed by atoms with Gasteiger partial charge in [0.15, 0.2) is 13.9 Å². The molecule has 3 saturated heterocycles. The number of fused-ring (bicyclic) bond motifs is 2. The number of likely N-dealkylation sites (tertiary alicyclic amines) is 1. The van der Waals surface area contributed by atoms with Crippen LogP contribution in [0.3, 0.4) is 0 Å². The van der Waals surface area contributed by atoms with Crippen LogP contribution in [0, 0.1) is 5.92 Å². The fraction of sp³-hybridized carbons (Fsp3) is 0.571. The van der Waals surface area contributed by atoms with Crippen LogP contribution < -0.4 is 9.80 Å². The summed E-state index contributed by atoms with van der Waals surface area (Å²) in [5.41, 5.74) is 1.38. The predicted octanol–water partition coefficient (Wildman–Crippen LogP) is 4.70. The molecule has 2 aromatic rings. The molecule has 2 aromatic carbocycles. The van der Waals surface area contributed by atoms with Gasteiger partial charge in [-0.15, -0.1) is 0 Å². The summed E-state index contributed by atoms with van der Waals surface area (Å²) in [6, 6.07) is 15.5. The first-order valence-corrected chi connectivity index (χ1v) is 19.7. The molecule has 0 aromatic heterocycles. The number of carbonyl (C=O) groups is 3. The summed E-state index contributed by atoms with van der Waals surface area (Å²) in [5.74, 6) is -0.642. The Labute approximate surface area is 267 Å². The standard InChI is InChI=1S/C35H47N3O6Si/c1-24-33(45(2,3)43)30(21-32(41)37-19-11-14-27(37)23-39)44-35(24)28-20-26(36-18-10-5-4-9-15-31(36)40)16-17-29(28)38(34(35)42)22-25-12-7-6-8-13-25/h6-8,12-13,16-17,20,24,27,30,33,39,43H,4-5,9-11,14-15,18-19,21-23H2,1-3H3/t24-,27-,30+,33-,35+/m0/s1. The van der Waals surface area contributed by atoms with Gasteiger partial charge in [0.25, 0.3) is 5.91 Å². The van der Waals surface area contributed by atoms with Gasteiger partial charge in [-0.05, 0) is 62.5 Å². The molecular weight excluding hydrogens is 586 g/mol. The third-order valence-corrected chi connectivity index (χ3v) is 13.1. The molecule has 1 spiro atoms. The maximum absolute atomic E-state index is 14.8. The number of anilines is 2. The summed E-state index contributed by atoms with van der Waals surface area (Å²) in [7, 11) is -2.97. The molecule has 10 heteroatoms. The molecule has 5 atom stereocenters. The molecule has 3 amide bonds. The summed E-state index contributed by atoms with van der Waals surface area (Å²) in [4.78, 5) is 58.8. The smallest absolute Gasteiger partial charge is 0.264 e. The fourth-order valence-corrected chi connectivity index (χ4v) is 11.0. The van der Waals surface area contributed by atoms with E-state index in [1.165, 1.54) is 0 Å². The van der Waals surface area contributed by atoms with E-state index >= 15 is 0 Å². The Morgan fingerprint density at radius 1 is 1.02 bits per heavy atom. The quantitative estimate of drug-likeness (QED) is 0.428. The molecule has 0 radical (unpaired) electrons. The molecule has 4 aliphatic rings. The van der Waals surface area contributed by atoms with Crippen LogP contribution >= 0.6 is 0 Å². The minimum atomic E-state index is -2.97. The maximum atomic E-state index is 14.8. The van der Waals surface area contributed by atoms with Crippen LogP contribution in [-0.2, 0) is 31.3 Å². The van der Waals surface area contributed by atoms with E-state index in [1.807, 2.05) is 73.4 Å². The van der Waals surface area contributed by atoms with Gasteiger partial charge in [0.1, 0.15) is 0 Å². The number of aliphatic hydroxyl groups is 1. The van der Waals surface area contributed by atoms with E-state index in [0.29, 0.717) is 31.6 Å². The Bertz CT molecular complexity index is 1430. The molecule has 0 saturated carbocycles. The molecule has 0 unspecified atom stereocenters. The number of aliphatic hydroxyl groups excluding tert-OH is 1. The maximum Gasteiger partial charge on any atom is 0.264 e. The van der Waals surface area contributed by atoms with Crippen molar-refractivity contribution in [1.82, 2.24) is 4.90 Å². The van der Waals surface area contributed by atoms with Crippen molar-refractivity contribution in [3.05, 3.63) is 59.7 Å². The largest absolute Gasteiger partial charge is 0.432 e. The molecule has 4 aliphatic heterocycles. The normalized spacial score (nSPS) is 29.0. The highest BCUT2D eigenvalue weighted by molar-refractivity contribution is 6.71. The number of amides is 3. The van der Waals surface area contributed by atoms with Gasteiger partial charge >= 0.3 is 0 Å². The van der Waals surface area contributed by atoms with Crippen molar-refractivity contribution in [2.24, 2.45) is 5.92 Å². The number of hydrogen-bond acceptors (Lipinski definition) is 6. The molecule has 2 N–H and O–H groups in total. The SMILES string of the molecule is C[C@H]1[C@H]([Si](C)(C)O)[C@@H](CC(=O)N2CCC[C@H]2CO)O[C@]12C(=O)N(Cc1ccccc1)c1ccc(N3CCCCCCC3=O)cc12. The Hall–Kier alpha value is -3.05. The molecule has 242 valence electrons. The first-order valence-electron chi connectivity index (χ1n) is 16.7. The third kappa shape index (κ3) is 5.75. The van der Waals surface area contributed by atoms with Gasteiger partial charge in [0, 0.05) is 42.2 Å². The number of benzene rings is 2. The lowest BCUT2D eigenvalue weighted by molar-refractivity contribution is -0.150. The van der Waals surface area contributed by atoms with E-state index in [9.17, 15) is 24.3 Å². The summed E-state index contributed by atoms with van der Waals surface area (Å²) >= 11 is 0. The van der Waals surface area contributed by atoms with E-state index in [-0.39, 0.29) is 36.8 Å². The zero-order chi connectivity index (χ0) is 31.9. The van der Waals surface area contributed by atoms with E-state index in [4.69, 9.17) is 4.74 Å². The average Bonchev–Trinajstić information content (AvgIpc) is 3.66. The third-order valence-electron chi connectivity index (χ3n) is 10.6. The number of nitrogens with zero attached hydrogens (tertiary/aromatic N) is 3. The van der Waals surface area contributed by atoms with Gasteiger partial charge in [-0.3, -0.25) is 14.4 Å². The highest BCUT2D eigenvalue weighted by atomic mass is 28.4. The fourth-order valence-electron chi connectivity index (χ4n) is 8.43. The van der Waals surface area contributed by atoms with Crippen LogP contribution in [0.2, 0.25) is 18.6 Å². The van der Waals surface area contributed by atoms with Crippen LogP contribution in [0.5, 0.6) is 0 Å². The summed E-state index contributed by atoms with van der Waals surface area (Å²) in [6.45, 7) is 7.18. The van der Waals surface area contributed by atoms with Crippen LogP contribution in [-0.4, -0.2) is 72.7 Å². The Morgan fingerprint density at radius 2 is 1.78 bits per heavy atom. The van der Waals surface area contributed by atoms with E-state index in [0.717, 1.165) is 55.5 Å². The first-order chi connectivity index (χ1) is 21.6. The van der Waals surface area contributed by atoms with E-state index in [2.05, 4.69) is 0 Å². The first kappa shape index (κ1) is 31.9. The average molecular weight is 634 g/mol. The zero-order valence-electron chi connectivity index (χ0n) is 26.8. The minimum Gasteiger partial charge on any atom is -0.432 e. The second-order valence-corrected chi connectivity index (χ2v) is 17.9. The van der Waals surface area contributed by atoms with Crippen LogP contribution in [0.15, 0.2) is 48.5 Å². The van der Waals surface area contributed by atoms with Crippen molar-refractivity contribution >= 4 is 37.4 Å². The summed E-state index contributed by atoms with van der Waals surface area (Å²) in [5, 5.41) is 9.88. The Balaban J connectivity index is 1.43. The Morgan fingerprint density at radius 3 is 2.51 bits per heavy atom. The molecule has 0 bridgehead atoms. The van der Waals surface area contributed by atoms with E-state index < -0.39 is 31.5 Å². The van der Waals surface area contributed by atoms with Crippen molar-refractivity contribution < 1.29 is 29.0 Å². The van der Waals surface area contributed by atoms with Gasteiger partial charge in [-0.1, -0.05) is 50.1 Å². The number of rotatable bonds is 7. The van der Waals surface area contributed by atoms with Crippen LogP contribution in [0.4, 0.5) is 11.4 Å². The second kappa shape index (κ2) is 12.6. The molecule has 6 rings (SSSR count). The molecular formula is C35H47N3O6Si. The Kier molecular flexibility index (Phi) is 8.95. The van der Waals surface area contributed by atoms with Crippen molar-refractivity contribution in [2.45, 2.75) is 101 Å². The van der Waals surface area contributed by atoms with Crippen molar-refractivity contribution in [3.8, 4) is 0 Å². The van der Waals surface area contributed by atoms with Crippen molar-refractivity contribution in [2.75, 3.05) is 29.5 Å². The van der Waals surface area contributed by atoms with Gasteiger partial charge in [0.05, 0.1) is 37.4 Å². The highest BCUT2D eigenvalue weighted by Crippen LogP contribution is 2.60. The number of hydrogen-bond donors (Lipinski definition) is 2. The highest BCUT2D eigenvalue weighted by Gasteiger charge is 2.66. The molecule has 45 heavy (non-hydrogen) atoms. The molecule has 0 aliphatic carbocycles. The van der Waals surface area contributed by atoms with Crippen LogP contribution in [0.1, 0.15) is 69.4 Å².